The smallest absolute Gasteiger partial charge is 0.119 e. The van der Waals surface area contributed by atoms with Gasteiger partial charge in [0.2, 0.25) is 0 Å². The lowest BCUT2D eigenvalue weighted by atomic mass is 9.80. The molecule has 0 aromatic heterocycles. The van der Waals surface area contributed by atoms with Crippen LogP contribution in [0.3, 0.4) is 0 Å². The molecular formula is C15H20O2. The van der Waals surface area contributed by atoms with Crippen molar-refractivity contribution in [2.75, 3.05) is 0 Å². The minimum Gasteiger partial charge on any atom is -0.508 e. The van der Waals surface area contributed by atoms with Gasteiger partial charge in [0.1, 0.15) is 12.0 Å². The average Bonchev–Trinajstić information content (AvgIpc) is 2.34. The van der Waals surface area contributed by atoms with Crippen molar-refractivity contribution in [3.8, 4) is 5.75 Å². The van der Waals surface area contributed by atoms with Gasteiger partial charge in [-0.3, -0.25) is 0 Å². The lowest BCUT2D eigenvalue weighted by Gasteiger charge is -2.25. The highest BCUT2D eigenvalue weighted by Crippen LogP contribution is 2.36. The largest absolute Gasteiger partial charge is 0.508 e. The zero-order valence-corrected chi connectivity index (χ0v) is 10.2. The fourth-order valence-electron chi connectivity index (χ4n) is 2.82. The SMILES string of the molecule is O=CCCCCC1CCCc2cc(O)ccc21. The molecule has 1 atom stereocenters. The number of aryl methyl sites for hydroxylation is 1. The highest BCUT2D eigenvalue weighted by atomic mass is 16.3. The zero-order chi connectivity index (χ0) is 12.1. The number of carbonyl (C=O) groups is 1. The van der Waals surface area contributed by atoms with Crippen LogP contribution in [-0.2, 0) is 11.2 Å². The van der Waals surface area contributed by atoms with Gasteiger partial charge in [0, 0.05) is 6.42 Å². The standard InChI is InChI=1S/C15H20O2/c16-10-3-1-2-5-12-6-4-7-13-11-14(17)8-9-15(12)13/h8-12,17H,1-7H2. The number of benzene rings is 1. The van der Waals surface area contributed by atoms with E-state index >= 15 is 0 Å². The number of aromatic hydroxyl groups is 1. The van der Waals surface area contributed by atoms with Gasteiger partial charge in [0.25, 0.3) is 0 Å². The van der Waals surface area contributed by atoms with E-state index in [-0.39, 0.29) is 0 Å². The zero-order valence-electron chi connectivity index (χ0n) is 10.2. The van der Waals surface area contributed by atoms with Crippen LogP contribution in [0.4, 0.5) is 0 Å². The van der Waals surface area contributed by atoms with E-state index in [1.54, 1.807) is 6.07 Å². The molecule has 1 N–H and O–H groups in total. The molecule has 0 bridgehead atoms. The Morgan fingerprint density at radius 2 is 2.24 bits per heavy atom. The number of fused-ring (bicyclic) bond motifs is 1. The minimum atomic E-state index is 0.380. The highest BCUT2D eigenvalue weighted by Gasteiger charge is 2.19. The average molecular weight is 232 g/mol. The predicted molar refractivity (Wildman–Crippen MR) is 68.3 cm³/mol. The maximum atomic E-state index is 10.3. The first-order valence-electron chi connectivity index (χ1n) is 6.56. The van der Waals surface area contributed by atoms with Crippen molar-refractivity contribution in [2.45, 2.75) is 50.9 Å². The summed E-state index contributed by atoms with van der Waals surface area (Å²) in [5, 5.41) is 9.48. The van der Waals surface area contributed by atoms with Gasteiger partial charge in [-0.25, -0.2) is 0 Å². The summed E-state index contributed by atoms with van der Waals surface area (Å²) < 4.78 is 0. The van der Waals surface area contributed by atoms with Crippen molar-refractivity contribution in [2.24, 2.45) is 0 Å². The van der Waals surface area contributed by atoms with Crippen LogP contribution in [0.5, 0.6) is 5.75 Å². The van der Waals surface area contributed by atoms with E-state index in [2.05, 4.69) is 6.07 Å². The van der Waals surface area contributed by atoms with Crippen LogP contribution in [0.2, 0.25) is 0 Å². The minimum absolute atomic E-state index is 0.380. The van der Waals surface area contributed by atoms with Crippen molar-refractivity contribution in [1.29, 1.82) is 0 Å². The first kappa shape index (κ1) is 12.2. The van der Waals surface area contributed by atoms with Gasteiger partial charge < -0.3 is 9.90 Å². The molecule has 0 fully saturated rings. The summed E-state index contributed by atoms with van der Waals surface area (Å²) in [7, 11) is 0. The van der Waals surface area contributed by atoms with E-state index in [1.807, 2.05) is 6.07 Å². The molecule has 2 heteroatoms. The van der Waals surface area contributed by atoms with Gasteiger partial charge in [-0.05, 0) is 61.3 Å². The Kier molecular flexibility index (Phi) is 4.18. The van der Waals surface area contributed by atoms with Crippen LogP contribution >= 0.6 is 0 Å². The number of unbranched alkanes of at least 4 members (excludes halogenated alkanes) is 2. The topological polar surface area (TPSA) is 37.3 Å². The summed E-state index contributed by atoms with van der Waals surface area (Å²) in [4.78, 5) is 10.3. The summed E-state index contributed by atoms with van der Waals surface area (Å²) in [6.45, 7) is 0. The molecule has 2 rings (SSSR count). The first-order chi connectivity index (χ1) is 8.31. The van der Waals surface area contributed by atoms with Gasteiger partial charge in [-0.2, -0.15) is 0 Å². The molecule has 0 spiro atoms. The van der Waals surface area contributed by atoms with Crippen LogP contribution < -0.4 is 0 Å². The molecule has 0 saturated carbocycles. The van der Waals surface area contributed by atoms with Crippen molar-refractivity contribution < 1.29 is 9.90 Å². The van der Waals surface area contributed by atoms with Gasteiger partial charge in [0.15, 0.2) is 0 Å². The van der Waals surface area contributed by atoms with Crippen molar-refractivity contribution in [1.82, 2.24) is 0 Å². The van der Waals surface area contributed by atoms with Crippen molar-refractivity contribution in [3.05, 3.63) is 29.3 Å². The molecule has 0 aliphatic heterocycles. The van der Waals surface area contributed by atoms with Crippen molar-refractivity contribution in [3.63, 3.8) is 0 Å². The van der Waals surface area contributed by atoms with E-state index in [0.717, 1.165) is 25.5 Å². The maximum absolute atomic E-state index is 10.3. The third-order valence-electron chi connectivity index (χ3n) is 3.69. The van der Waals surface area contributed by atoms with E-state index in [0.29, 0.717) is 18.1 Å². The number of hydrogen-bond acceptors (Lipinski definition) is 2. The second kappa shape index (κ2) is 5.85. The second-order valence-corrected chi connectivity index (χ2v) is 4.92. The number of phenolic OH excluding ortho intramolecular Hbond substituents is 1. The first-order valence-corrected chi connectivity index (χ1v) is 6.56. The number of rotatable bonds is 5. The third-order valence-corrected chi connectivity index (χ3v) is 3.69. The lowest BCUT2D eigenvalue weighted by Crippen LogP contribution is -2.09. The summed E-state index contributed by atoms with van der Waals surface area (Å²) in [6.07, 6.45) is 8.56. The third kappa shape index (κ3) is 3.09. The molecule has 1 aromatic carbocycles. The molecule has 1 aliphatic rings. The number of aldehydes is 1. The Labute approximate surface area is 103 Å². The van der Waals surface area contributed by atoms with Gasteiger partial charge in [-0.15, -0.1) is 0 Å². The molecule has 17 heavy (non-hydrogen) atoms. The lowest BCUT2D eigenvalue weighted by molar-refractivity contribution is -0.107. The molecule has 0 saturated heterocycles. The van der Waals surface area contributed by atoms with Crippen LogP contribution in [0.25, 0.3) is 0 Å². The van der Waals surface area contributed by atoms with Gasteiger partial charge >= 0.3 is 0 Å². The van der Waals surface area contributed by atoms with E-state index in [9.17, 15) is 9.90 Å². The molecular weight excluding hydrogens is 212 g/mol. The molecule has 0 amide bonds. The van der Waals surface area contributed by atoms with Crippen LogP contribution in [0.15, 0.2) is 18.2 Å². The highest BCUT2D eigenvalue weighted by molar-refractivity contribution is 5.48. The Morgan fingerprint density at radius 1 is 1.35 bits per heavy atom. The monoisotopic (exact) mass is 232 g/mol. The molecule has 1 aromatic rings. The normalized spacial score (nSPS) is 18.7. The van der Waals surface area contributed by atoms with E-state index in [4.69, 9.17) is 0 Å². The summed E-state index contributed by atoms with van der Waals surface area (Å²) in [6, 6.07) is 5.78. The second-order valence-electron chi connectivity index (χ2n) is 4.92. The molecule has 1 unspecified atom stereocenters. The molecule has 1 aliphatic carbocycles. The van der Waals surface area contributed by atoms with E-state index < -0.39 is 0 Å². The fourth-order valence-corrected chi connectivity index (χ4v) is 2.82. The maximum Gasteiger partial charge on any atom is 0.119 e. The quantitative estimate of drug-likeness (QED) is 0.622. The van der Waals surface area contributed by atoms with Crippen LogP contribution in [0.1, 0.15) is 55.6 Å². The predicted octanol–water partition coefficient (Wildman–Crippen LogP) is 3.57. The van der Waals surface area contributed by atoms with Gasteiger partial charge in [0.05, 0.1) is 0 Å². The molecule has 0 radical (unpaired) electrons. The Morgan fingerprint density at radius 3 is 3.06 bits per heavy atom. The molecule has 2 nitrogen and oxygen atoms in total. The molecule has 0 heterocycles. The Hall–Kier alpha value is -1.31. The van der Waals surface area contributed by atoms with Crippen LogP contribution in [0, 0.1) is 0 Å². The summed E-state index contributed by atoms with van der Waals surface area (Å²) in [5.41, 5.74) is 2.73. The fraction of sp³-hybridized carbons (Fsp3) is 0.533. The number of phenols is 1. The summed E-state index contributed by atoms with van der Waals surface area (Å²) in [5.74, 6) is 1.01. The van der Waals surface area contributed by atoms with Crippen LogP contribution in [-0.4, -0.2) is 11.4 Å². The Balaban J connectivity index is 1.99. The number of carbonyl (C=O) groups excluding carboxylic acids is 1. The van der Waals surface area contributed by atoms with Crippen molar-refractivity contribution >= 4 is 6.29 Å². The van der Waals surface area contributed by atoms with Gasteiger partial charge in [-0.1, -0.05) is 12.5 Å². The number of hydrogen-bond donors (Lipinski definition) is 1. The summed E-state index contributed by atoms with van der Waals surface area (Å²) >= 11 is 0. The molecule has 92 valence electrons. The Bertz CT molecular complexity index is 385. The van der Waals surface area contributed by atoms with E-state index in [1.165, 1.54) is 30.4 Å².